The number of benzene rings is 1. The summed E-state index contributed by atoms with van der Waals surface area (Å²) in [7, 11) is -3.53. The molecule has 6 nitrogen and oxygen atoms in total. The molecule has 1 aliphatic heterocycles. The molecule has 116 valence electrons. The van der Waals surface area contributed by atoms with E-state index in [-0.39, 0.29) is 16.7 Å². The highest BCUT2D eigenvalue weighted by Gasteiger charge is 2.30. The zero-order valence-electron chi connectivity index (χ0n) is 12.1. The van der Waals surface area contributed by atoms with E-state index in [1.165, 1.54) is 10.4 Å². The molecular weight excluding hydrogens is 290 g/mol. The van der Waals surface area contributed by atoms with Crippen molar-refractivity contribution >= 4 is 21.6 Å². The Hall–Kier alpha value is -1.60. The number of carbonyl (C=O) groups excluding carboxylic acids is 1. The number of hydrogen-bond donors (Lipinski definition) is 2. The van der Waals surface area contributed by atoms with Gasteiger partial charge in [0.2, 0.25) is 15.9 Å². The number of carbonyl (C=O) groups is 1. The number of anilines is 1. The van der Waals surface area contributed by atoms with E-state index in [0.29, 0.717) is 43.6 Å². The Morgan fingerprint density at radius 3 is 2.52 bits per heavy atom. The van der Waals surface area contributed by atoms with Crippen LogP contribution >= 0.6 is 0 Å². The van der Waals surface area contributed by atoms with E-state index in [4.69, 9.17) is 11.5 Å². The number of hydrogen-bond acceptors (Lipinski definition) is 4. The van der Waals surface area contributed by atoms with Gasteiger partial charge in [0.15, 0.2) is 0 Å². The molecule has 0 bridgehead atoms. The van der Waals surface area contributed by atoms with Crippen LogP contribution in [0.1, 0.15) is 24.8 Å². The van der Waals surface area contributed by atoms with E-state index in [1.807, 2.05) is 0 Å². The lowest BCUT2D eigenvalue weighted by Crippen LogP contribution is -2.39. The van der Waals surface area contributed by atoms with Gasteiger partial charge in [-0.2, -0.15) is 4.31 Å². The Bertz CT molecular complexity index is 635. The van der Waals surface area contributed by atoms with Gasteiger partial charge in [-0.15, -0.1) is 0 Å². The molecule has 1 amide bonds. The molecule has 1 fully saturated rings. The standard InChI is InChI=1S/C14H21N3O3S/c1-10-2-3-12(15)9-13(10)21(19,20)17-6-4-11(5-7-17)8-14(16)18/h2-3,9,11H,4-8,15H2,1H3,(H2,16,18). The highest BCUT2D eigenvalue weighted by atomic mass is 32.2. The summed E-state index contributed by atoms with van der Waals surface area (Å²) < 4.78 is 26.8. The summed E-state index contributed by atoms with van der Waals surface area (Å²) in [6.07, 6.45) is 1.64. The van der Waals surface area contributed by atoms with Crippen molar-refractivity contribution < 1.29 is 13.2 Å². The third kappa shape index (κ3) is 3.54. The largest absolute Gasteiger partial charge is 0.399 e. The van der Waals surface area contributed by atoms with Gasteiger partial charge < -0.3 is 11.5 Å². The third-order valence-electron chi connectivity index (χ3n) is 3.89. The Labute approximate surface area is 125 Å². The number of nitrogens with two attached hydrogens (primary N) is 2. The smallest absolute Gasteiger partial charge is 0.243 e. The lowest BCUT2D eigenvalue weighted by Gasteiger charge is -2.31. The third-order valence-corrected chi connectivity index (χ3v) is 5.93. The van der Waals surface area contributed by atoms with Crippen molar-refractivity contribution in [3.8, 4) is 0 Å². The molecular formula is C14H21N3O3S. The number of amides is 1. The Morgan fingerprint density at radius 2 is 1.95 bits per heavy atom. The maximum absolute atomic E-state index is 12.7. The number of nitrogens with zero attached hydrogens (tertiary/aromatic N) is 1. The molecule has 7 heteroatoms. The molecule has 21 heavy (non-hydrogen) atoms. The van der Waals surface area contributed by atoms with Crippen LogP contribution in [0.2, 0.25) is 0 Å². The van der Waals surface area contributed by atoms with Crippen molar-refractivity contribution in [1.82, 2.24) is 4.31 Å². The quantitative estimate of drug-likeness (QED) is 0.804. The van der Waals surface area contributed by atoms with Gasteiger partial charge in [0.1, 0.15) is 0 Å². The molecule has 0 aliphatic carbocycles. The fraction of sp³-hybridized carbons (Fsp3) is 0.500. The van der Waals surface area contributed by atoms with Crippen LogP contribution in [-0.4, -0.2) is 31.7 Å². The molecule has 2 rings (SSSR count). The van der Waals surface area contributed by atoms with Gasteiger partial charge in [-0.05, 0) is 43.4 Å². The molecule has 1 aromatic carbocycles. The minimum atomic E-state index is -3.53. The predicted molar refractivity (Wildman–Crippen MR) is 80.9 cm³/mol. The minimum absolute atomic E-state index is 0.177. The van der Waals surface area contributed by atoms with E-state index in [2.05, 4.69) is 0 Å². The Balaban J connectivity index is 2.15. The van der Waals surface area contributed by atoms with Gasteiger partial charge in [0.25, 0.3) is 0 Å². The van der Waals surface area contributed by atoms with E-state index in [1.54, 1.807) is 19.1 Å². The van der Waals surface area contributed by atoms with Gasteiger partial charge in [-0.3, -0.25) is 4.79 Å². The summed E-state index contributed by atoms with van der Waals surface area (Å²) in [6, 6.07) is 4.90. The molecule has 1 heterocycles. The van der Waals surface area contributed by atoms with Crippen LogP contribution in [0.15, 0.2) is 23.1 Å². The van der Waals surface area contributed by atoms with E-state index < -0.39 is 10.0 Å². The zero-order valence-corrected chi connectivity index (χ0v) is 12.9. The summed E-state index contributed by atoms with van der Waals surface area (Å²) in [5, 5.41) is 0. The number of rotatable bonds is 4. The van der Waals surface area contributed by atoms with Gasteiger partial charge in [0.05, 0.1) is 4.90 Å². The summed E-state index contributed by atoms with van der Waals surface area (Å²) in [6.45, 7) is 2.58. The maximum Gasteiger partial charge on any atom is 0.243 e. The minimum Gasteiger partial charge on any atom is -0.399 e. The van der Waals surface area contributed by atoms with Crippen molar-refractivity contribution in [3.63, 3.8) is 0 Å². The van der Waals surface area contributed by atoms with Crippen LogP contribution in [0.5, 0.6) is 0 Å². The topological polar surface area (TPSA) is 106 Å². The van der Waals surface area contributed by atoms with Crippen molar-refractivity contribution in [2.45, 2.75) is 31.1 Å². The number of piperidine rings is 1. The maximum atomic E-state index is 12.7. The summed E-state index contributed by atoms with van der Waals surface area (Å²) >= 11 is 0. The molecule has 0 saturated carbocycles. The van der Waals surface area contributed by atoms with Crippen molar-refractivity contribution in [2.75, 3.05) is 18.8 Å². The lowest BCUT2D eigenvalue weighted by molar-refractivity contribution is -0.119. The van der Waals surface area contributed by atoms with Gasteiger partial charge >= 0.3 is 0 Å². The van der Waals surface area contributed by atoms with Crippen LogP contribution < -0.4 is 11.5 Å². The number of aryl methyl sites for hydroxylation is 1. The molecule has 1 aromatic rings. The number of nitrogen functional groups attached to an aromatic ring is 1. The van der Waals surface area contributed by atoms with E-state index in [0.717, 1.165) is 0 Å². The van der Waals surface area contributed by atoms with Crippen molar-refractivity contribution in [3.05, 3.63) is 23.8 Å². The van der Waals surface area contributed by atoms with Crippen molar-refractivity contribution in [2.24, 2.45) is 11.7 Å². The average molecular weight is 311 g/mol. The lowest BCUT2D eigenvalue weighted by atomic mass is 9.94. The van der Waals surface area contributed by atoms with Gasteiger partial charge in [-0.25, -0.2) is 8.42 Å². The molecule has 4 N–H and O–H groups in total. The fourth-order valence-corrected chi connectivity index (χ4v) is 4.40. The fourth-order valence-electron chi connectivity index (χ4n) is 2.67. The monoisotopic (exact) mass is 311 g/mol. The van der Waals surface area contributed by atoms with E-state index in [9.17, 15) is 13.2 Å². The Morgan fingerprint density at radius 1 is 1.33 bits per heavy atom. The SMILES string of the molecule is Cc1ccc(N)cc1S(=O)(=O)N1CCC(CC(N)=O)CC1. The molecule has 1 aliphatic rings. The second kappa shape index (κ2) is 6.03. The summed E-state index contributed by atoms with van der Waals surface area (Å²) in [5.74, 6) is -0.154. The van der Waals surface area contributed by atoms with Crippen LogP contribution in [-0.2, 0) is 14.8 Å². The second-order valence-corrected chi connectivity index (χ2v) is 7.45. The van der Waals surface area contributed by atoms with Gasteiger partial charge in [0, 0.05) is 25.2 Å². The first-order chi connectivity index (χ1) is 9.80. The Kier molecular flexibility index (Phi) is 4.53. The first-order valence-electron chi connectivity index (χ1n) is 6.95. The molecule has 0 radical (unpaired) electrons. The average Bonchev–Trinajstić information content (AvgIpc) is 2.41. The molecule has 0 aromatic heterocycles. The molecule has 0 atom stereocenters. The normalized spacial score (nSPS) is 17.8. The molecule has 1 saturated heterocycles. The van der Waals surface area contributed by atoms with Crippen LogP contribution in [0.25, 0.3) is 0 Å². The number of sulfonamides is 1. The molecule has 0 unspecified atom stereocenters. The van der Waals surface area contributed by atoms with E-state index >= 15 is 0 Å². The summed E-state index contributed by atoms with van der Waals surface area (Å²) in [5.41, 5.74) is 12.0. The highest BCUT2D eigenvalue weighted by molar-refractivity contribution is 7.89. The zero-order chi connectivity index (χ0) is 15.6. The van der Waals surface area contributed by atoms with Crippen LogP contribution in [0.4, 0.5) is 5.69 Å². The highest BCUT2D eigenvalue weighted by Crippen LogP contribution is 2.27. The van der Waals surface area contributed by atoms with Crippen molar-refractivity contribution in [1.29, 1.82) is 0 Å². The predicted octanol–water partition coefficient (Wildman–Crippen LogP) is 0.853. The molecule has 0 spiro atoms. The first kappa shape index (κ1) is 15.8. The van der Waals surface area contributed by atoms with Gasteiger partial charge in [-0.1, -0.05) is 6.07 Å². The first-order valence-corrected chi connectivity index (χ1v) is 8.39. The summed E-state index contributed by atoms with van der Waals surface area (Å²) in [4.78, 5) is 11.2. The van der Waals surface area contributed by atoms with Crippen LogP contribution in [0, 0.1) is 12.8 Å². The van der Waals surface area contributed by atoms with Crippen LogP contribution in [0.3, 0.4) is 0 Å². The second-order valence-electron chi connectivity index (χ2n) is 5.54. The number of primary amides is 1.